The summed E-state index contributed by atoms with van der Waals surface area (Å²) in [6.45, 7) is 5.50. The van der Waals surface area contributed by atoms with Gasteiger partial charge in [0.1, 0.15) is 0 Å². The Kier molecular flexibility index (Phi) is 9.78. The predicted octanol–water partition coefficient (Wildman–Crippen LogP) is 1.78. The number of para-hydroxylation sites is 1. The highest BCUT2D eigenvalue weighted by molar-refractivity contribution is 7.99. The number of carbonyl (C=O) groups excluding carboxylic acids is 2. The van der Waals surface area contributed by atoms with Gasteiger partial charge in [-0.15, -0.1) is 0 Å². The van der Waals surface area contributed by atoms with Crippen LogP contribution in [0.2, 0.25) is 0 Å². The fourth-order valence-corrected chi connectivity index (χ4v) is 3.43. The van der Waals surface area contributed by atoms with Gasteiger partial charge in [0.05, 0.1) is 29.4 Å². The molecule has 0 aliphatic rings. The molecule has 0 saturated heterocycles. The Morgan fingerprint density at radius 3 is 2.73 bits per heavy atom. The fraction of sp³-hybridized carbons (Fsp3) is 0.500. The third-order valence-corrected chi connectivity index (χ3v) is 4.96. The highest BCUT2D eigenvalue weighted by Gasteiger charge is 2.14. The number of ether oxygens (including phenoxy) is 2. The number of carbonyl (C=O) groups is 2. The lowest BCUT2D eigenvalue weighted by atomic mass is 10.2. The third kappa shape index (κ3) is 7.43. The van der Waals surface area contributed by atoms with Gasteiger partial charge in [-0.3, -0.25) is 19.5 Å². The Morgan fingerprint density at radius 1 is 1.23 bits per heavy atom. The second kappa shape index (κ2) is 12.3. The SMILES string of the molecule is COCCNC(=O)NC(=O)CSc1nc2ccccc2c(=O)n1CCCOC(C)C. The van der Waals surface area contributed by atoms with Crippen LogP contribution in [0.4, 0.5) is 4.79 Å². The van der Waals surface area contributed by atoms with E-state index in [-0.39, 0.29) is 17.4 Å². The Bertz CT molecular complexity index is 916. The lowest BCUT2D eigenvalue weighted by Crippen LogP contribution is -2.41. The molecule has 0 aliphatic heterocycles. The molecule has 164 valence electrons. The number of imide groups is 1. The van der Waals surface area contributed by atoms with Crippen LogP contribution in [0, 0.1) is 0 Å². The average Bonchev–Trinajstić information content (AvgIpc) is 2.71. The zero-order valence-corrected chi connectivity index (χ0v) is 18.3. The van der Waals surface area contributed by atoms with Gasteiger partial charge in [-0.25, -0.2) is 9.78 Å². The zero-order valence-electron chi connectivity index (χ0n) is 17.5. The van der Waals surface area contributed by atoms with E-state index in [1.807, 2.05) is 13.8 Å². The molecule has 0 spiro atoms. The molecule has 0 bridgehead atoms. The van der Waals surface area contributed by atoms with Crippen LogP contribution in [-0.2, 0) is 20.8 Å². The number of hydrogen-bond acceptors (Lipinski definition) is 7. The van der Waals surface area contributed by atoms with Crippen LogP contribution in [0.5, 0.6) is 0 Å². The number of urea groups is 1. The molecule has 0 atom stereocenters. The van der Waals surface area contributed by atoms with Crippen molar-refractivity contribution in [3.63, 3.8) is 0 Å². The summed E-state index contributed by atoms with van der Waals surface area (Å²) in [5.41, 5.74) is 0.405. The summed E-state index contributed by atoms with van der Waals surface area (Å²) in [5.74, 6) is -0.530. The molecule has 3 amide bonds. The van der Waals surface area contributed by atoms with Crippen molar-refractivity contribution in [2.75, 3.05) is 32.6 Å². The first-order valence-corrected chi connectivity index (χ1v) is 10.7. The van der Waals surface area contributed by atoms with E-state index in [0.29, 0.717) is 48.8 Å². The van der Waals surface area contributed by atoms with Crippen LogP contribution in [0.3, 0.4) is 0 Å². The maximum absolute atomic E-state index is 12.9. The van der Waals surface area contributed by atoms with Gasteiger partial charge in [-0.1, -0.05) is 23.9 Å². The molecule has 1 aromatic heterocycles. The van der Waals surface area contributed by atoms with Gasteiger partial charge in [0.25, 0.3) is 5.56 Å². The molecular formula is C20H28N4O5S. The van der Waals surface area contributed by atoms with E-state index >= 15 is 0 Å². The Hall–Kier alpha value is -2.43. The van der Waals surface area contributed by atoms with Crippen LogP contribution < -0.4 is 16.2 Å². The minimum absolute atomic E-state index is 0.0506. The van der Waals surface area contributed by atoms with E-state index in [2.05, 4.69) is 15.6 Å². The van der Waals surface area contributed by atoms with Crippen LogP contribution in [0.1, 0.15) is 20.3 Å². The van der Waals surface area contributed by atoms with Crippen LogP contribution in [0.15, 0.2) is 34.2 Å². The van der Waals surface area contributed by atoms with Crippen molar-refractivity contribution in [1.82, 2.24) is 20.2 Å². The second-order valence-corrected chi connectivity index (χ2v) is 7.67. The number of nitrogens with zero attached hydrogens (tertiary/aromatic N) is 2. The number of methoxy groups -OCH3 is 1. The normalized spacial score (nSPS) is 11.1. The van der Waals surface area contributed by atoms with Gasteiger partial charge in [0.15, 0.2) is 5.16 Å². The summed E-state index contributed by atoms with van der Waals surface area (Å²) in [4.78, 5) is 41.3. The maximum Gasteiger partial charge on any atom is 0.321 e. The van der Waals surface area contributed by atoms with Crippen LogP contribution in [-0.4, -0.2) is 60.2 Å². The highest BCUT2D eigenvalue weighted by atomic mass is 32.2. The summed E-state index contributed by atoms with van der Waals surface area (Å²) >= 11 is 1.11. The summed E-state index contributed by atoms with van der Waals surface area (Å²) in [6, 6.07) is 6.50. The number of amides is 3. The number of hydrogen-bond donors (Lipinski definition) is 2. The van der Waals surface area contributed by atoms with Crippen molar-refractivity contribution >= 4 is 34.6 Å². The summed E-state index contributed by atoms with van der Waals surface area (Å²) < 4.78 is 11.9. The first-order chi connectivity index (χ1) is 14.4. The number of rotatable bonds is 11. The lowest BCUT2D eigenvalue weighted by Gasteiger charge is -2.14. The predicted molar refractivity (Wildman–Crippen MR) is 116 cm³/mol. The van der Waals surface area contributed by atoms with E-state index < -0.39 is 11.9 Å². The van der Waals surface area contributed by atoms with Crippen molar-refractivity contribution in [1.29, 1.82) is 0 Å². The molecule has 1 aromatic carbocycles. The quantitative estimate of drug-likeness (QED) is 0.314. The van der Waals surface area contributed by atoms with Gasteiger partial charge >= 0.3 is 6.03 Å². The molecule has 10 heteroatoms. The van der Waals surface area contributed by atoms with Gasteiger partial charge in [-0.2, -0.15) is 0 Å². The molecule has 2 rings (SSSR count). The highest BCUT2D eigenvalue weighted by Crippen LogP contribution is 2.18. The molecule has 0 fully saturated rings. The summed E-state index contributed by atoms with van der Waals surface area (Å²) in [5, 5.41) is 5.71. The summed E-state index contributed by atoms with van der Waals surface area (Å²) in [6.07, 6.45) is 0.753. The molecule has 0 unspecified atom stereocenters. The van der Waals surface area contributed by atoms with Gasteiger partial charge in [-0.05, 0) is 32.4 Å². The molecule has 2 N–H and O–H groups in total. The molecule has 0 radical (unpaired) electrons. The second-order valence-electron chi connectivity index (χ2n) is 6.73. The molecular weight excluding hydrogens is 408 g/mol. The van der Waals surface area contributed by atoms with E-state index in [9.17, 15) is 14.4 Å². The first-order valence-electron chi connectivity index (χ1n) is 9.73. The average molecular weight is 437 g/mol. The van der Waals surface area contributed by atoms with Crippen LogP contribution in [0.25, 0.3) is 10.9 Å². The van der Waals surface area contributed by atoms with Crippen LogP contribution >= 0.6 is 11.8 Å². The molecule has 0 saturated carbocycles. The van der Waals surface area contributed by atoms with Crippen molar-refractivity contribution in [2.24, 2.45) is 0 Å². The first kappa shape index (κ1) is 23.8. The van der Waals surface area contributed by atoms with Crippen molar-refractivity contribution in [2.45, 2.75) is 38.1 Å². The molecule has 2 aromatic rings. The number of thioether (sulfide) groups is 1. The standard InChI is InChI=1S/C20H28N4O5S/c1-14(2)29-11-6-10-24-18(26)15-7-4-5-8-16(15)22-20(24)30-13-17(25)23-19(27)21-9-12-28-3/h4-5,7-8,14H,6,9-13H2,1-3H3,(H2,21,23,25,27). The van der Waals surface area contributed by atoms with E-state index in [1.54, 1.807) is 28.8 Å². The smallest absolute Gasteiger partial charge is 0.321 e. The van der Waals surface area contributed by atoms with E-state index in [0.717, 1.165) is 11.8 Å². The van der Waals surface area contributed by atoms with E-state index in [1.165, 1.54) is 7.11 Å². The monoisotopic (exact) mass is 436 g/mol. The van der Waals surface area contributed by atoms with Crippen molar-refractivity contribution < 1.29 is 19.1 Å². The lowest BCUT2D eigenvalue weighted by molar-refractivity contribution is -0.117. The number of aromatic nitrogens is 2. The third-order valence-electron chi connectivity index (χ3n) is 3.98. The summed E-state index contributed by atoms with van der Waals surface area (Å²) in [7, 11) is 1.52. The number of benzene rings is 1. The Morgan fingerprint density at radius 2 is 2.00 bits per heavy atom. The molecule has 9 nitrogen and oxygen atoms in total. The minimum atomic E-state index is -0.590. The fourth-order valence-electron chi connectivity index (χ4n) is 2.60. The zero-order chi connectivity index (χ0) is 21.9. The topological polar surface area (TPSA) is 112 Å². The van der Waals surface area contributed by atoms with Gasteiger partial charge < -0.3 is 14.8 Å². The van der Waals surface area contributed by atoms with E-state index in [4.69, 9.17) is 9.47 Å². The number of nitrogens with one attached hydrogen (secondary N) is 2. The van der Waals surface area contributed by atoms with Gasteiger partial charge in [0.2, 0.25) is 5.91 Å². The molecule has 1 heterocycles. The Balaban J connectivity index is 2.08. The largest absolute Gasteiger partial charge is 0.383 e. The molecule has 30 heavy (non-hydrogen) atoms. The Labute approximate surface area is 179 Å². The van der Waals surface area contributed by atoms with Gasteiger partial charge in [0, 0.05) is 26.8 Å². The number of fused-ring (bicyclic) bond motifs is 1. The molecule has 0 aliphatic carbocycles. The van der Waals surface area contributed by atoms with Crippen molar-refractivity contribution in [3.05, 3.63) is 34.6 Å². The minimum Gasteiger partial charge on any atom is -0.383 e. The van der Waals surface area contributed by atoms with Crippen molar-refractivity contribution in [3.8, 4) is 0 Å². The maximum atomic E-state index is 12.9.